The summed E-state index contributed by atoms with van der Waals surface area (Å²) in [5, 5.41) is 8.21. The molecule has 198 valence electrons. The van der Waals surface area contributed by atoms with Crippen LogP contribution < -0.4 is 9.47 Å². The van der Waals surface area contributed by atoms with Gasteiger partial charge in [0.1, 0.15) is 35.3 Å². The van der Waals surface area contributed by atoms with Crippen LogP contribution in [-0.2, 0) is 0 Å². The minimum atomic E-state index is 0.614. The molecule has 39 heavy (non-hydrogen) atoms. The van der Waals surface area contributed by atoms with Crippen LogP contribution in [0, 0.1) is 20.8 Å². The Balaban J connectivity index is 1.58. The second-order valence-corrected chi connectivity index (χ2v) is 10.1. The molecule has 0 aliphatic rings. The monoisotopic (exact) mass is 521 g/mol. The Kier molecular flexibility index (Phi) is 6.19. The zero-order valence-electron chi connectivity index (χ0n) is 23.0. The lowest BCUT2D eigenvalue weighted by Gasteiger charge is -2.15. The maximum Gasteiger partial charge on any atom is 0.142 e. The molecule has 0 unspecified atom stereocenters. The normalized spacial score (nSPS) is 11.8. The van der Waals surface area contributed by atoms with E-state index in [0.717, 1.165) is 84.6 Å². The largest absolute Gasteiger partial charge is 0.496 e. The average molecular weight is 522 g/mol. The molecule has 0 fully saturated rings. The van der Waals surface area contributed by atoms with E-state index in [0.29, 0.717) is 12.4 Å². The highest BCUT2D eigenvalue weighted by atomic mass is 16.5. The third kappa shape index (κ3) is 4.27. The van der Waals surface area contributed by atoms with E-state index < -0.39 is 0 Å². The Bertz CT molecular complexity index is 1830. The molecule has 0 bridgehead atoms. The Morgan fingerprint density at radius 3 is 2.41 bits per heavy atom. The molecule has 0 aliphatic heterocycles. The number of likely N-dealkylation sites (N-methyl/N-ethyl adjacent to an activating group) is 1. The lowest BCUT2D eigenvalue weighted by Crippen LogP contribution is -2.19. The van der Waals surface area contributed by atoms with Crippen molar-refractivity contribution in [2.75, 3.05) is 34.4 Å². The predicted molar refractivity (Wildman–Crippen MR) is 155 cm³/mol. The van der Waals surface area contributed by atoms with Crippen molar-refractivity contribution in [3.8, 4) is 33.9 Å². The maximum atomic E-state index is 6.18. The van der Waals surface area contributed by atoms with Gasteiger partial charge in [0.15, 0.2) is 0 Å². The second-order valence-electron chi connectivity index (χ2n) is 10.1. The van der Waals surface area contributed by atoms with Gasteiger partial charge in [-0.15, -0.1) is 0 Å². The van der Waals surface area contributed by atoms with Crippen molar-refractivity contribution in [3.63, 3.8) is 0 Å². The maximum absolute atomic E-state index is 6.18. The summed E-state index contributed by atoms with van der Waals surface area (Å²) < 4.78 is 17.5. The van der Waals surface area contributed by atoms with Crippen LogP contribution in [0.5, 0.6) is 11.5 Å². The Labute approximate surface area is 226 Å². The van der Waals surface area contributed by atoms with E-state index >= 15 is 0 Å². The van der Waals surface area contributed by atoms with Crippen LogP contribution in [-0.4, -0.2) is 59.4 Å². The molecule has 0 spiro atoms. The molecule has 0 saturated carbocycles. The highest BCUT2D eigenvalue weighted by Crippen LogP contribution is 2.43. The van der Waals surface area contributed by atoms with E-state index in [2.05, 4.69) is 51.4 Å². The highest BCUT2D eigenvalue weighted by Gasteiger charge is 2.22. The van der Waals surface area contributed by atoms with Gasteiger partial charge in [0.2, 0.25) is 0 Å². The zero-order valence-corrected chi connectivity index (χ0v) is 23.0. The standard InChI is InChI=1S/C31H31N5O3/c1-17-28(18(2)39-35-17)24-15-25-23(16-27(24)37-6)29-30(32-19(3)33-31(29)34-25)22-11-12-26(38-14-13-36(4)5)21-10-8-7-9-20(21)22/h7-12,15-16H,13-14H2,1-6H3,(H,32,33,34). The third-order valence-corrected chi connectivity index (χ3v) is 7.12. The van der Waals surface area contributed by atoms with Gasteiger partial charge in [-0.1, -0.05) is 29.4 Å². The Morgan fingerprint density at radius 1 is 0.897 bits per heavy atom. The summed E-state index contributed by atoms with van der Waals surface area (Å²) in [5.74, 6) is 3.04. The number of benzene rings is 3. The van der Waals surface area contributed by atoms with Gasteiger partial charge >= 0.3 is 0 Å². The zero-order chi connectivity index (χ0) is 27.3. The van der Waals surface area contributed by atoms with Crippen LogP contribution in [0.25, 0.3) is 55.1 Å². The molecule has 1 N–H and O–H groups in total. The molecule has 3 aromatic carbocycles. The molecule has 8 nitrogen and oxygen atoms in total. The van der Waals surface area contributed by atoms with Gasteiger partial charge in [-0.2, -0.15) is 0 Å². The van der Waals surface area contributed by atoms with Crippen molar-refractivity contribution in [3.05, 3.63) is 65.8 Å². The number of ether oxygens (including phenoxy) is 2. The predicted octanol–water partition coefficient (Wildman–Crippen LogP) is 6.46. The number of rotatable bonds is 7. The molecule has 6 aromatic rings. The molecule has 0 saturated heterocycles. The first-order chi connectivity index (χ1) is 18.9. The summed E-state index contributed by atoms with van der Waals surface area (Å²) in [4.78, 5) is 15.4. The number of methoxy groups -OCH3 is 1. The number of nitrogens with zero attached hydrogens (tertiary/aromatic N) is 4. The highest BCUT2D eigenvalue weighted by molar-refractivity contribution is 6.16. The van der Waals surface area contributed by atoms with Crippen molar-refractivity contribution < 1.29 is 14.0 Å². The fourth-order valence-corrected chi connectivity index (χ4v) is 5.30. The van der Waals surface area contributed by atoms with E-state index in [9.17, 15) is 0 Å². The number of fused-ring (bicyclic) bond motifs is 4. The van der Waals surface area contributed by atoms with Crippen molar-refractivity contribution >= 4 is 32.7 Å². The van der Waals surface area contributed by atoms with Crippen LogP contribution in [0.3, 0.4) is 0 Å². The SMILES string of the molecule is COc1cc2c(cc1-c1c(C)noc1C)[nH]c1nc(C)nc(-c3ccc(OCCN(C)C)c4ccccc34)c12. The molecule has 3 heterocycles. The van der Waals surface area contributed by atoms with E-state index in [1.165, 1.54) is 0 Å². The lowest BCUT2D eigenvalue weighted by atomic mass is 9.97. The molecule has 0 atom stereocenters. The van der Waals surface area contributed by atoms with Gasteiger partial charge in [0, 0.05) is 34.0 Å². The van der Waals surface area contributed by atoms with Crippen LogP contribution in [0.1, 0.15) is 17.3 Å². The van der Waals surface area contributed by atoms with Gasteiger partial charge in [-0.25, -0.2) is 9.97 Å². The average Bonchev–Trinajstić information content (AvgIpc) is 3.44. The topological polar surface area (TPSA) is 89.3 Å². The van der Waals surface area contributed by atoms with Gasteiger partial charge in [0.05, 0.1) is 29.4 Å². The minimum Gasteiger partial charge on any atom is -0.496 e. The van der Waals surface area contributed by atoms with E-state index in [1.807, 2.05) is 47.0 Å². The molecule has 0 aliphatic carbocycles. The van der Waals surface area contributed by atoms with Crippen molar-refractivity contribution in [2.45, 2.75) is 20.8 Å². The van der Waals surface area contributed by atoms with Gasteiger partial charge in [-0.05, 0) is 64.5 Å². The molecular formula is C31H31N5O3. The first-order valence-corrected chi connectivity index (χ1v) is 13.0. The number of hydrogen-bond acceptors (Lipinski definition) is 7. The third-order valence-electron chi connectivity index (χ3n) is 7.12. The molecular weight excluding hydrogens is 490 g/mol. The van der Waals surface area contributed by atoms with Gasteiger partial charge in [-0.3, -0.25) is 0 Å². The van der Waals surface area contributed by atoms with Gasteiger partial charge < -0.3 is 23.9 Å². The van der Waals surface area contributed by atoms with E-state index in [4.69, 9.17) is 24.0 Å². The molecule has 8 heteroatoms. The summed E-state index contributed by atoms with van der Waals surface area (Å²) in [6.07, 6.45) is 0. The number of aryl methyl sites for hydroxylation is 3. The minimum absolute atomic E-state index is 0.614. The van der Waals surface area contributed by atoms with E-state index in [-0.39, 0.29) is 0 Å². The van der Waals surface area contributed by atoms with Crippen LogP contribution >= 0.6 is 0 Å². The summed E-state index contributed by atoms with van der Waals surface area (Å²) in [5.41, 5.74) is 6.28. The molecule has 6 rings (SSSR count). The summed E-state index contributed by atoms with van der Waals surface area (Å²) in [6.45, 7) is 7.23. The molecule has 3 aromatic heterocycles. The van der Waals surface area contributed by atoms with Crippen LogP contribution in [0.2, 0.25) is 0 Å². The summed E-state index contributed by atoms with van der Waals surface area (Å²) in [7, 11) is 5.77. The van der Waals surface area contributed by atoms with E-state index in [1.54, 1.807) is 7.11 Å². The van der Waals surface area contributed by atoms with Crippen molar-refractivity contribution in [1.82, 2.24) is 25.0 Å². The van der Waals surface area contributed by atoms with Crippen LogP contribution in [0.15, 0.2) is 53.1 Å². The van der Waals surface area contributed by atoms with Crippen molar-refractivity contribution in [1.29, 1.82) is 0 Å². The van der Waals surface area contributed by atoms with Crippen LogP contribution in [0.4, 0.5) is 0 Å². The van der Waals surface area contributed by atoms with Crippen molar-refractivity contribution in [2.24, 2.45) is 0 Å². The number of nitrogens with one attached hydrogen (secondary N) is 1. The Morgan fingerprint density at radius 2 is 1.69 bits per heavy atom. The second kappa shape index (κ2) is 9.71. The number of aromatic nitrogens is 4. The fraction of sp³-hybridized carbons (Fsp3) is 0.258. The number of aromatic amines is 1. The lowest BCUT2D eigenvalue weighted by molar-refractivity contribution is 0.263. The van der Waals surface area contributed by atoms with Gasteiger partial charge in [0.25, 0.3) is 0 Å². The number of H-pyrrole nitrogens is 1. The smallest absolute Gasteiger partial charge is 0.142 e. The first-order valence-electron chi connectivity index (χ1n) is 13.0. The molecule has 0 amide bonds. The summed E-state index contributed by atoms with van der Waals surface area (Å²) >= 11 is 0. The molecule has 0 radical (unpaired) electrons. The first kappa shape index (κ1) is 24.9. The Hall–Kier alpha value is -4.43. The fourth-order valence-electron chi connectivity index (χ4n) is 5.30. The summed E-state index contributed by atoms with van der Waals surface area (Å²) in [6, 6.07) is 16.6. The quantitative estimate of drug-likeness (QED) is 0.258. The number of hydrogen-bond donors (Lipinski definition) is 1.